The van der Waals surface area contributed by atoms with Crippen LogP contribution >= 0.6 is 11.3 Å². The molecule has 0 bridgehead atoms. The Balaban J connectivity index is 2.14. The minimum Gasteiger partial charge on any atom is -0.296 e. The molecular weight excluding hydrogens is 264 g/mol. The lowest BCUT2D eigenvalue weighted by molar-refractivity contribution is -0.120. The van der Waals surface area contributed by atoms with E-state index in [1.165, 1.54) is 22.3 Å². The fraction of sp³-hybridized carbons (Fsp3) is 0.273. The first-order chi connectivity index (χ1) is 9.13. The minimum absolute atomic E-state index is 0.00796. The topological polar surface area (TPSA) is 108 Å². The van der Waals surface area contributed by atoms with E-state index in [9.17, 15) is 4.79 Å². The Morgan fingerprint density at radius 3 is 2.89 bits per heavy atom. The van der Waals surface area contributed by atoms with Crippen LogP contribution in [0.5, 0.6) is 0 Å². The number of carbonyl (C=O) groups is 1. The van der Waals surface area contributed by atoms with Gasteiger partial charge in [-0.3, -0.25) is 4.79 Å². The predicted octanol–water partition coefficient (Wildman–Crippen LogP) is 0.791. The average molecular weight is 272 g/mol. The van der Waals surface area contributed by atoms with E-state index < -0.39 is 5.92 Å². The van der Waals surface area contributed by atoms with Crippen molar-refractivity contribution in [1.82, 2.24) is 19.7 Å². The molecule has 2 aromatic heterocycles. The van der Waals surface area contributed by atoms with Gasteiger partial charge in [-0.15, -0.1) is 16.4 Å². The van der Waals surface area contributed by atoms with E-state index in [0.717, 1.165) is 5.69 Å². The van der Waals surface area contributed by atoms with E-state index in [4.69, 9.17) is 10.5 Å². The van der Waals surface area contributed by atoms with E-state index in [1.54, 1.807) is 18.4 Å². The summed E-state index contributed by atoms with van der Waals surface area (Å²) in [6.07, 6.45) is 1.29. The van der Waals surface area contributed by atoms with Gasteiger partial charge >= 0.3 is 0 Å². The van der Waals surface area contributed by atoms with Crippen LogP contribution in [0.1, 0.15) is 22.4 Å². The molecular formula is C11H8N6OS. The van der Waals surface area contributed by atoms with Gasteiger partial charge in [0.15, 0.2) is 11.7 Å². The van der Waals surface area contributed by atoms with E-state index in [0.29, 0.717) is 5.01 Å². The number of rotatable bonds is 4. The molecule has 2 rings (SSSR count). The molecule has 2 heterocycles. The van der Waals surface area contributed by atoms with Gasteiger partial charge in [-0.1, -0.05) is 0 Å². The molecule has 1 unspecified atom stereocenters. The number of nitrogens with zero attached hydrogens (tertiary/aromatic N) is 6. The summed E-state index contributed by atoms with van der Waals surface area (Å²) in [5.74, 6) is -1.24. The fourth-order valence-electron chi connectivity index (χ4n) is 1.44. The van der Waals surface area contributed by atoms with Crippen molar-refractivity contribution in [2.24, 2.45) is 0 Å². The molecule has 0 aliphatic rings. The number of nitriles is 2. The Bertz CT molecular complexity index is 689. The zero-order chi connectivity index (χ0) is 13.8. The summed E-state index contributed by atoms with van der Waals surface area (Å²) in [4.78, 5) is 19.9. The Hall–Kier alpha value is -2.58. The summed E-state index contributed by atoms with van der Waals surface area (Å²) in [6.45, 7) is 1.70. The molecule has 19 heavy (non-hydrogen) atoms. The smallest absolute Gasteiger partial charge is 0.252 e. The average Bonchev–Trinajstić information content (AvgIpc) is 3.00. The molecule has 0 aliphatic heterocycles. The van der Waals surface area contributed by atoms with Crippen molar-refractivity contribution in [3.63, 3.8) is 0 Å². The summed E-state index contributed by atoms with van der Waals surface area (Å²) in [7, 11) is 0. The molecule has 2 aromatic rings. The number of ketones is 1. The van der Waals surface area contributed by atoms with Crippen LogP contribution < -0.4 is 0 Å². The number of thiazole rings is 1. The van der Waals surface area contributed by atoms with Crippen LogP contribution in [0.15, 0.2) is 11.7 Å². The van der Waals surface area contributed by atoms with Gasteiger partial charge in [0, 0.05) is 11.1 Å². The summed E-state index contributed by atoms with van der Waals surface area (Å²) in [5.41, 5.74) is 0.778. The van der Waals surface area contributed by atoms with Crippen LogP contribution in [0, 0.1) is 29.6 Å². The van der Waals surface area contributed by atoms with Gasteiger partial charge in [0.2, 0.25) is 0 Å². The molecule has 0 aromatic carbocycles. The van der Waals surface area contributed by atoms with Crippen molar-refractivity contribution >= 4 is 17.1 Å². The fourth-order valence-corrected chi connectivity index (χ4v) is 2.30. The molecule has 0 amide bonds. The van der Waals surface area contributed by atoms with Crippen molar-refractivity contribution < 1.29 is 4.79 Å². The van der Waals surface area contributed by atoms with Crippen LogP contribution in [0.25, 0.3) is 0 Å². The van der Waals surface area contributed by atoms with Gasteiger partial charge < -0.3 is 0 Å². The second kappa shape index (κ2) is 5.38. The van der Waals surface area contributed by atoms with E-state index >= 15 is 0 Å². The Morgan fingerprint density at radius 2 is 2.37 bits per heavy atom. The normalized spacial score (nSPS) is 11.5. The standard InChI is InChI=1S/C11H8N6OS/c1-7-5-19-11(15-7)8(2-12)9(18)4-17-6-14-10(3-13)16-17/h5-6,8H,4H2,1H3. The van der Waals surface area contributed by atoms with Crippen molar-refractivity contribution in [1.29, 1.82) is 10.5 Å². The molecule has 0 spiro atoms. The second-order valence-electron chi connectivity index (χ2n) is 3.73. The quantitative estimate of drug-likeness (QED) is 0.814. The number of aromatic nitrogens is 4. The van der Waals surface area contributed by atoms with Gasteiger partial charge in [-0.25, -0.2) is 14.6 Å². The van der Waals surface area contributed by atoms with Gasteiger partial charge in [0.1, 0.15) is 23.9 Å². The van der Waals surface area contributed by atoms with E-state index in [1.807, 2.05) is 6.07 Å². The van der Waals surface area contributed by atoms with Crippen LogP contribution in [0.4, 0.5) is 0 Å². The van der Waals surface area contributed by atoms with Crippen LogP contribution in [-0.4, -0.2) is 25.5 Å². The van der Waals surface area contributed by atoms with Crippen LogP contribution in [0.2, 0.25) is 0 Å². The zero-order valence-electron chi connectivity index (χ0n) is 9.94. The number of hydrogen-bond acceptors (Lipinski definition) is 7. The maximum absolute atomic E-state index is 12.0. The van der Waals surface area contributed by atoms with Gasteiger partial charge in [-0.2, -0.15) is 10.5 Å². The molecule has 0 N–H and O–H groups in total. The highest BCUT2D eigenvalue weighted by Crippen LogP contribution is 2.21. The number of aryl methyl sites for hydroxylation is 1. The molecule has 0 saturated carbocycles. The van der Waals surface area contributed by atoms with Crippen molar-refractivity contribution in [3.8, 4) is 12.1 Å². The highest BCUT2D eigenvalue weighted by molar-refractivity contribution is 7.09. The first-order valence-corrected chi connectivity index (χ1v) is 6.16. The highest BCUT2D eigenvalue weighted by Gasteiger charge is 2.23. The first kappa shape index (κ1) is 12.9. The van der Waals surface area contributed by atoms with Crippen molar-refractivity contribution in [3.05, 3.63) is 28.2 Å². The van der Waals surface area contributed by atoms with Crippen molar-refractivity contribution in [2.45, 2.75) is 19.4 Å². The van der Waals surface area contributed by atoms with Gasteiger partial charge in [0.05, 0.1) is 6.07 Å². The maximum atomic E-state index is 12.0. The SMILES string of the molecule is Cc1csc(C(C#N)C(=O)Cn2cnc(C#N)n2)n1. The van der Waals surface area contributed by atoms with Gasteiger partial charge in [-0.05, 0) is 6.92 Å². The van der Waals surface area contributed by atoms with Gasteiger partial charge in [0.25, 0.3) is 5.82 Å². The Kier molecular flexibility index (Phi) is 3.64. The van der Waals surface area contributed by atoms with Crippen LogP contribution in [-0.2, 0) is 11.3 Å². The zero-order valence-corrected chi connectivity index (χ0v) is 10.8. The molecule has 8 heteroatoms. The highest BCUT2D eigenvalue weighted by atomic mass is 32.1. The maximum Gasteiger partial charge on any atom is 0.252 e. The summed E-state index contributed by atoms with van der Waals surface area (Å²) < 4.78 is 1.24. The number of Topliss-reactive ketones (excluding diaryl/α,β-unsaturated/α-hetero) is 1. The molecule has 7 nitrogen and oxygen atoms in total. The molecule has 94 valence electrons. The molecule has 0 fully saturated rings. The monoisotopic (exact) mass is 272 g/mol. The number of carbonyl (C=O) groups excluding carboxylic acids is 1. The molecule has 0 aliphatic carbocycles. The first-order valence-electron chi connectivity index (χ1n) is 5.28. The summed E-state index contributed by atoms with van der Waals surface area (Å²) in [5, 5.41) is 23.7. The molecule has 0 radical (unpaired) electrons. The third-order valence-corrected chi connectivity index (χ3v) is 3.32. The lowest BCUT2D eigenvalue weighted by Gasteiger charge is -2.04. The predicted molar refractivity (Wildman–Crippen MR) is 64.9 cm³/mol. The van der Waals surface area contributed by atoms with Crippen molar-refractivity contribution in [2.75, 3.05) is 0 Å². The van der Waals surface area contributed by atoms with E-state index in [-0.39, 0.29) is 18.2 Å². The lowest BCUT2D eigenvalue weighted by Crippen LogP contribution is -2.18. The minimum atomic E-state index is -0.909. The third kappa shape index (κ3) is 2.81. The Labute approximate surface area is 112 Å². The lowest BCUT2D eigenvalue weighted by atomic mass is 10.1. The summed E-state index contributed by atoms with van der Waals surface area (Å²) in [6, 6.07) is 3.71. The summed E-state index contributed by atoms with van der Waals surface area (Å²) >= 11 is 1.28. The largest absolute Gasteiger partial charge is 0.296 e. The molecule has 0 saturated heterocycles. The third-order valence-electron chi connectivity index (χ3n) is 2.29. The van der Waals surface area contributed by atoms with E-state index in [2.05, 4.69) is 15.1 Å². The molecule has 1 atom stereocenters. The van der Waals surface area contributed by atoms with Crippen LogP contribution in [0.3, 0.4) is 0 Å². The number of hydrogen-bond donors (Lipinski definition) is 0. The second-order valence-corrected chi connectivity index (χ2v) is 4.62. The Morgan fingerprint density at radius 1 is 1.58 bits per heavy atom.